The molecule has 1 aliphatic heterocycles. The largest absolute Gasteiger partial charge is 0.454 e. The summed E-state index contributed by atoms with van der Waals surface area (Å²) in [6.45, 7) is 4.25. The molecule has 4 heteroatoms. The number of aliphatic hydroxyl groups excluding tert-OH is 1. The maximum absolute atomic E-state index is 10.1. The lowest BCUT2D eigenvalue weighted by atomic mass is 9.91. The van der Waals surface area contributed by atoms with Gasteiger partial charge in [0.05, 0.1) is 12.1 Å². The van der Waals surface area contributed by atoms with Crippen LogP contribution in [0.2, 0.25) is 0 Å². The van der Waals surface area contributed by atoms with E-state index in [4.69, 9.17) is 15.2 Å². The molecular weight excluding hydrogens is 218 g/mol. The number of hydrogen-bond donors (Lipinski definition) is 2. The molecule has 3 N–H and O–H groups in total. The fourth-order valence-electron chi connectivity index (χ4n) is 1.99. The van der Waals surface area contributed by atoms with E-state index in [0.29, 0.717) is 11.5 Å². The van der Waals surface area contributed by atoms with Crippen molar-refractivity contribution in [3.63, 3.8) is 0 Å². The second kappa shape index (κ2) is 4.94. The third kappa shape index (κ3) is 2.23. The van der Waals surface area contributed by atoms with Gasteiger partial charge in [0.1, 0.15) is 0 Å². The summed E-state index contributed by atoms with van der Waals surface area (Å²) in [6, 6.07) is 5.14. The van der Waals surface area contributed by atoms with Gasteiger partial charge >= 0.3 is 0 Å². The first-order valence-electron chi connectivity index (χ1n) is 5.97. The van der Waals surface area contributed by atoms with E-state index in [1.54, 1.807) is 0 Å². The van der Waals surface area contributed by atoms with Crippen LogP contribution in [-0.4, -0.2) is 18.0 Å². The van der Waals surface area contributed by atoms with Crippen molar-refractivity contribution in [2.75, 3.05) is 6.79 Å². The first-order valence-corrected chi connectivity index (χ1v) is 5.97. The van der Waals surface area contributed by atoms with Gasteiger partial charge in [0.15, 0.2) is 11.5 Å². The minimum absolute atomic E-state index is 0.156. The van der Waals surface area contributed by atoms with E-state index in [0.717, 1.165) is 12.0 Å². The van der Waals surface area contributed by atoms with Crippen LogP contribution in [-0.2, 0) is 0 Å². The lowest BCUT2D eigenvalue weighted by Crippen LogP contribution is -2.31. The highest BCUT2D eigenvalue weighted by atomic mass is 16.7. The van der Waals surface area contributed by atoms with Crippen molar-refractivity contribution < 1.29 is 14.6 Å². The van der Waals surface area contributed by atoms with Crippen LogP contribution in [0, 0.1) is 5.92 Å². The molecule has 4 nitrogen and oxygen atoms in total. The van der Waals surface area contributed by atoms with Crippen molar-refractivity contribution in [3.05, 3.63) is 23.8 Å². The van der Waals surface area contributed by atoms with Gasteiger partial charge in [-0.1, -0.05) is 32.4 Å². The van der Waals surface area contributed by atoms with Gasteiger partial charge in [0.25, 0.3) is 0 Å². The maximum atomic E-state index is 10.1. The van der Waals surface area contributed by atoms with Gasteiger partial charge in [-0.25, -0.2) is 0 Å². The Bertz CT molecular complexity index is 394. The number of para-hydroxylation sites is 1. The highest BCUT2D eigenvalue weighted by molar-refractivity contribution is 5.49. The molecule has 17 heavy (non-hydrogen) atoms. The number of hydrogen-bond acceptors (Lipinski definition) is 4. The van der Waals surface area contributed by atoms with Crippen molar-refractivity contribution in [1.29, 1.82) is 0 Å². The topological polar surface area (TPSA) is 64.7 Å². The number of aliphatic hydroxyl groups is 1. The molecule has 3 atom stereocenters. The van der Waals surface area contributed by atoms with Crippen LogP contribution >= 0.6 is 0 Å². The predicted molar refractivity (Wildman–Crippen MR) is 65.0 cm³/mol. The smallest absolute Gasteiger partial charge is 0.231 e. The molecule has 2 rings (SSSR count). The quantitative estimate of drug-likeness (QED) is 0.838. The lowest BCUT2D eigenvalue weighted by Gasteiger charge is -2.24. The maximum Gasteiger partial charge on any atom is 0.231 e. The van der Waals surface area contributed by atoms with Gasteiger partial charge in [-0.15, -0.1) is 0 Å². The van der Waals surface area contributed by atoms with Gasteiger partial charge in [-0.2, -0.15) is 0 Å². The van der Waals surface area contributed by atoms with E-state index in [1.807, 2.05) is 32.0 Å². The molecule has 1 aromatic rings. The van der Waals surface area contributed by atoms with Crippen molar-refractivity contribution >= 4 is 0 Å². The van der Waals surface area contributed by atoms with E-state index in [2.05, 4.69) is 0 Å². The molecule has 0 radical (unpaired) electrons. The fraction of sp³-hybridized carbons (Fsp3) is 0.538. The van der Waals surface area contributed by atoms with Crippen LogP contribution in [0.25, 0.3) is 0 Å². The Balaban J connectivity index is 2.25. The molecule has 0 fully saturated rings. The predicted octanol–water partition coefficient (Wildman–Crippen LogP) is 1.82. The standard InChI is InChI=1S/C13H19NO3/c1-3-8(2)12(15)11(14)9-5-4-6-10-13(9)17-7-16-10/h4-6,8,11-12,15H,3,7,14H2,1-2H3/t8?,11-,12+/m1/s1. The Kier molecular flexibility index (Phi) is 3.54. The number of ether oxygens (including phenoxy) is 2. The summed E-state index contributed by atoms with van der Waals surface area (Å²) in [5.74, 6) is 1.53. The first-order chi connectivity index (χ1) is 8.15. The van der Waals surface area contributed by atoms with Crippen LogP contribution in [0.1, 0.15) is 31.9 Å². The molecule has 1 unspecified atom stereocenters. The third-order valence-corrected chi connectivity index (χ3v) is 3.38. The zero-order valence-corrected chi connectivity index (χ0v) is 10.2. The Morgan fingerprint density at radius 1 is 1.41 bits per heavy atom. The van der Waals surface area contributed by atoms with E-state index in [9.17, 15) is 5.11 Å². The molecule has 0 saturated carbocycles. The molecule has 0 aromatic heterocycles. The Morgan fingerprint density at radius 3 is 2.88 bits per heavy atom. The Morgan fingerprint density at radius 2 is 2.18 bits per heavy atom. The molecule has 0 aliphatic carbocycles. The van der Waals surface area contributed by atoms with E-state index < -0.39 is 12.1 Å². The van der Waals surface area contributed by atoms with Crippen LogP contribution in [0.15, 0.2) is 18.2 Å². The molecule has 1 aromatic carbocycles. The number of nitrogens with two attached hydrogens (primary N) is 1. The number of fused-ring (bicyclic) bond motifs is 1. The van der Waals surface area contributed by atoms with Crippen molar-refractivity contribution in [3.8, 4) is 11.5 Å². The molecule has 1 aliphatic rings. The zero-order valence-electron chi connectivity index (χ0n) is 10.2. The molecule has 0 bridgehead atoms. The Hall–Kier alpha value is -1.26. The lowest BCUT2D eigenvalue weighted by molar-refractivity contribution is 0.0865. The SMILES string of the molecule is CCC(C)[C@H](O)[C@H](N)c1cccc2c1OCO2. The van der Waals surface area contributed by atoms with Crippen molar-refractivity contribution in [2.45, 2.75) is 32.4 Å². The number of benzene rings is 1. The number of rotatable bonds is 4. The summed E-state index contributed by atoms with van der Waals surface area (Å²) in [7, 11) is 0. The molecule has 1 heterocycles. The summed E-state index contributed by atoms with van der Waals surface area (Å²) < 4.78 is 10.7. The molecular formula is C13H19NO3. The van der Waals surface area contributed by atoms with E-state index in [-0.39, 0.29) is 12.7 Å². The fourth-order valence-corrected chi connectivity index (χ4v) is 1.99. The summed E-state index contributed by atoms with van der Waals surface area (Å²) >= 11 is 0. The second-order valence-electron chi connectivity index (χ2n) is 4.48. The molecule has 0 spiro atoms. The minimum atomic E-state index is -0.573. The first kappa shape index (κ1) is 12.2. The molecule has 94 valence electrons. The summed E-state index contributed by atoms with van der Waals surface area (Å²) in [5.41, 5.74) is 6.92. The van der Waals surface area contributed by atoms with Gasteiger partial charge < -0.3 is 20.3 Å². The average Bonchev–Trinajstić information content (AvgIpc) is 2.83. The highest BCUT2D eigenvalue weighted by Crippen LogP contribution is 2.39. The van der Waals surface area contributed by atoms with Gasteiger partial charge in [0, 0.05) is 5.56 Å². The van der Waals surface area contributed by atoms with Crippen LogP contribution in [0.3, 0.4) is 0 Å². The molecule has 0 amide bonds. The molecule has 0 saturated heterocycles. The minimum Gasteiger partial charge on any atom is -0.454 e. The summed E-state index contributed by atoms with van der Waals surface area (Å²) in [4.78, 5) is 0. The third-order valence-electron chi connectivity index (χ3n) is 3.38. The van der Waals surface area contributed by atoms with Crippen LogP contribution in [0.5, 0.6) is 11.5 Å². The average molecular weight is 237 g/mol. The Labute approximate surface area is 101 Å². The van der Waals surface area contributed by atoms with E-state index in [1.165, 1.54) is 0 Å². The van der Waals surface area contributed by atoms with Gasteiger partial charge in [0.2, 0.25) is 6.79 Å². The van der Waals surface area contributed by atoms with Crippen molar-refractivity contribution in [2.24, 2.45) is 11.7 Å². The highest BCUT2D eigenvalue weighted by Gasteiger charge is 2.27. The normalized spacial score (nSPS) is 18.8. The van der Waals surface area contributed by atoms with E-state index >= 15 is 0 Å². The monoisotopic (exact) mass is 237 g/mol. The summed E-state index contributed by atoms with van der Waals surface area (Å²) in [6.07, 6.45) is 0.317. The summed E-state index contributed by atoms with van der Waals surface area (Å²) in [5, 5.41) is 10.1. The van der Waals surface area contributed by atoms with Crippen LogP contribution < -0.4 is 15.2 Å². The van der Waals surface area contributed by atoms with Gasteiger partial charge in [-0.3, -0.25) is 0 Å². The zero-order chi connectivity index (χ0) is 12.4. The van der Waals surface area contributed by atoms with Crippen LogP contribution in [0.4, 0.5) is 0 Å². The van der Waals surface area contributed by atoms with Gasteiger partial charge in [-0.05, 0) is 12.0 Å². The second-order valence-corrected chi connectivity index (χ2v) is 4.48. The van der Waals surface area contributed by atoms with Crippen molar-refractivity contribution in [1.82, 2.24) is 0 Å².